The molecule has 1 rings (SSSR count). The van der Waals surface area contributed by atoms with E-state index in [2.05, 4.69) is 16.9 Å². The van der Waals surface area contributed by atoms with Gasteiger partial charge < -0.3 is 10.1 Å². The molecule has 0 aromatic carbocycles. The summed E-state index contributed by atoms with van der Waals surface area (Å²) in [5, 5.41) is 3.28. The van der Waals surface area contributed by atoms with E-state index in [1.54, 1.807) is 0 Å². The molecular weight excluding hydrogens is 188 g/mol. The summed E-state index contributed by atoms with van der Waals surface area (Å²) in [4.78, 5) is 4.59. The predicted molar refractivity (Wildman–Crippen MR) is 64.4 cm³/mol. The first-order valence-electron chi connectivity index (χ1n) is 5.89. The first kappa shape index (κ1) is 12.2. The Kier molecular flexibility index (Phi) is 6.92. The van der Waals surface area contributed by atoms with Crippen LogP contribution in [0.1, 0.15) is 32.1 Å². The third-order valence-corrected chi connectivity index (χ3v) is 2.57. The highest BCUT2D eigenvalue weighted by Gasteiger charge is 2.05. The van der Waals surface area contributed by atoms with Crippen molar-refractivity contribution in [2.45, 2.75) is 32.1 Å². The van der Waals surface area contributed by atoms with Crippen LogP contribution >= 0.6 is 0 Å². The number of hydrogen-bond acceptors (Lipinski definition) is 3. The summed E-state index contributed by atoms with van der Waals surface area (Å²) in [6, 6.07) is 0. The van der Waals surface area contributed by atoms with Crippen LogP contribution in [0.3, 0.4) is 0 Å². The van der Waals surface area contributed by atoms with Gasteiger partial charge in [0.1, 0.15) is 0 Å². The van der Waals surface area contributed by atoms with Crippen LogP contribution in [-0.2, 0) is 4.74 Å². The van der Waals surface area contributed by atoms with E-state index >= 15 is 0 Å². The first-order valence-corrected chi connectivity index (χ1v) is 5.89. The smallest absolute Gasteiger partial charge is 0.0997 e. The summed E-state index contributed by atoms with van der Waals surface area (Å²) in [7, 11) is 0. The van der Waals surface area contributed by atoms with Gasteiger partial charge in [-0.2, -0.15) is 0 Å². The number of nitrogens with one attached hydrogen (secondary N) is 1. The fraction of sp³-hybridized carbons (Fsp3) is 0.750. The van der Waals surface area contributed by atoms with E-state index in [9.17, 15) is 0 Å². The minimum atomic E-state index is 0.695. The molecule has 3 heteroatoms. The molecule has 0 saturated heterocycles. The summed E-state index contributed by atoms with van der Waals surface area (Å²) in [6.45, 7) is 6.90. The molecular formula is C12H22N2O. The highest BCUT2D eigenvalue weighted by molar-refractivity contribution is 5.84. The van der Waals surface area contributed by atoms with Gasteiger partial charge in [-0.25, -0.2) is 0 Å². The molecule has 0 amide bonds. The van der Waals surface area contributed by atoms with Crippen LogP contribution in [0.4, 0.5) is 0 Å². The molecule has 15 heavy (non-hydrogen) atoms. The lowest BCUT2D eigenvalue weighted by atomic mass is 9.99. The molecule has 1 aliphatic carbocycles. The number of aliphatic imine (C=N–C) groups is 1. The Hall–Kier alpha value is -0.830. The van der Waals surface area contributed by atoms with E-state index in [1.807, 2.05) is 0 Å². The normalized spacial score (nSPS) is 16.1. The standard InChI is InChI=1S/C12H22N2O/c1-2-15-11-10-13-8-9-14-12-6-4-3-5-7-12/h2,13H,1,3-11H2. The van der Waals surface area contributed by atoms with Crippen LogP contribution in [0.2, 0.25) is 0 Å². The number of nitrogens with zero attached hydrogens (tertiary/aromatic N) is 1. The molecule has 1 saturated carbocycles. The fourth-order valence-electron chi connectivity index (χ4n) is 1.75. The number of rotatable bonds is 7. The molecule has 1 aliphatic rings. The third-order valence-electron chi connectivity index (χ3n) is 2.57. The number of ether oxygens (including phenoxy) is 1. The molecule has 0 aromatic rings. The van der Waals surface area contributed by atoms with E-state index in [-0.39, 0.29) is 0 Å². The number of hydrogen-bond donors (Lipinski definition) is 1. The lowest BCUT2D eigenvalue weighted by Gasteiger charge is -2.12. The molecule has 1 N–H and O–H groups in total. The molecule has 3 nitrogen and oxygen atoms in total. The Morgan fingerprint density at radius 3 is 2.80 bits per heavy atom. The van der Waals surface area contributed by atoms with Crippen LogP contribution in [0, 0.1) is 0 Å². The average molecular weight is 210 g/mol. The molecule has 0 aromatic heterocycles. The molecule has 0 heterocycles. The SMILES string of the molecule is C=COCCNCCN=C1CCCCC1. The van der Waals surface area contributed by atoms with Crippen LogP contribution in [0.5, 0.6) is 0 Å². The van der Waals surface area contributed by atoms with Crippen molar-refractivity contribution in [1.82, 2.24) is 5.32 Å². The average Bonchev–Trinajstić information content (AvgIpc) is 2.29. The minimum absolute atomic E-state index is 0.695. The van der Waals surface area contributed by atoms with Crippen LogP contribution in [0.25, 0.3) is 0 Å². The van der Waals surface area contributed by atoms with Crippen LogP contribution in [0.15, 0.2) is 17.8 Å². The largest absolute Gasteiger partial charge is 0.500 e. The third kappa shape index (κ3) is 6.28. The second kappa shape index (κ2) is 8.48. The lowest BCUT2D eigenvalue weighted by Crippen LogP contribution is -2.22. The van der Waals surface area contributed by atoms with Gasteiger partial charge in [0.05, 0.1) is 19.4 Å². The van der Waals surface area contributed by atoms with Gasteiger partial charge in [0.2, 0.25) is 0 Å². The van der Waals surface area contributed by atoms with Crippen molar-refractivity contribution in [2.24, 2.45) is 4.99 Å². The Labute approximate surface area is 92.6 Å². The zero-order valence-corrected chi connectivity index (χ0v) is 9.50. The molecule has 0 atom stereocenters. The van der Waals surface area contributed by atoms with Gasteiger partial charge >= 0.3 is 0 Å². The fourth-order valence-corrected chi connectivity index (χ4v) is 1.75. The van der Waals surface area contributed by atoms with Crippen molar-refractivity contribution < 1.29 is 4.74 Å². The van der Waals surface area contributed by atoms with Crippen molar-refractivity contribution in [3.8, 4) is 0 Å². The summed E-state index contributed by atoms with van der Waals surface area (Å²) >= 11 is 0. The van der Waals surface area contributed by atoms with Gasteiger partial charge in [0, 0.05) is 18.8 Å². The Morgan fingerprint density at radius 2 is 2.07 bits per heavy atom. The van der Waals surface area contributed by atoms with Gasteiger partial charge in [-0.05, 0) is 25.7 Å². The summed E-state index contributed by atoms with van der Waals surface area (Å²) in [6.07, 6.45) is 7.97. The van der Waals surface area contributed by atoms with Crippen molar-refractivity contribution >= 4 is 5.71 Å². The lowest BCUT2D eigenvalue weighted by molar-refractivity contribution is 0.251. The highest BCUT2D eigenvalue weighted by atomic mass is 16.5. The van der Waals surface area contributed by atoms with Crippen molar-refractivity contribution in [1.29, 1.82) is 0 Å². The maximum atomic E-state index is 5.00. The van der Waals surface area contributed by atoms with Crippen molar-refractivity contribution in [3.63, 3.8) is 0 Å². The van der Waals surface area contributed by atoms with E-state index < -0.39 is 0 Å². The predicted octanol–water partition coefficient (Wildman–Crippen LogP) is 2.14. The maximum absolute atomic E-state index is 5.00. The molecule has 86 valence electrons. The van der Waals surface area contributed by atoms with Gasteiger partial charge in [0.15, 0.2) is 0 Å². The Balaban J connectivity index is 1.93. The molecule has 0 unspecified atom stereocenters. The zero-order chi connectivity index (χ0) is 10.8. The molecule has 0 aliphatic heterocycles. The molecule has 1 fully saturated rings. The molecule has 0 spiro atoms. The van der Waals surface area contributed by atoms with Gasteiger partial charge in [-0.15, -0.1) is 0 Å². The van der Waals surface area contributed by atoms with Crippen LogP contribution < -0.4 is 5.32 Å². The van der Waals surface area contributed by atoms with Crippen molar-refractivity contribution in [2.75, 3.05) is 26.2 Å². The van der Waals surface area contributed by atoms with E-state index in [0.29, 0.717) is 6.61 Å². The van der Waals surface area contributed by atoms with Gasteiger partial charge in [-0.1, -0.05) is 13.0 Å². The minimum Gasteiger partial charge on any atom is -0.500 e. The summed E-state index contributed by atoms with van der Waals surface area (Å²) < 4.78 is 5.00. The van der Waals surface area contributed by atoms with Crippen LogP contribution in [-0.4, -0.2) is 32.0 Å². The summed E-state index contributed by atoms with van der Waals surface area (Å²) in [5.74, 6) is 0. The first-order chi connectivity index (χ1) is 7.43. The highest BCUT2D eigenvalue weighted by Crippen LogP contribution is 2.14. The van der Waals surface area contributed by atoms with E-state index in [1.165, 1.54) is 44.1 Å². The Bertz CT molecular complexity index is 194. The second-order valence-corrected chi connectivity index (χ2v) is 3.80. The topological polar surface area (TPSA) is 33.6 Å². The summed E-state index contributed by atoms with van der Waals surface area (Å²) in [5.41, 5.74) is 1.42. The molecule has 0 bridgehead atoms. The molecule has 0 radical (unpaired) electrons. The van der Waals surface area contributed by atoms with Gasteiger partial charge in [0.25, 0.3) is 0 Å². The van der Waals surface area contributed by atoms with Crippen molar-refractivity contribution in [3.05, 3.63) is 12.8 Å². The maximum Gasteiger partial charge on any atom is 0.0997 e. The quantitative estimate of drug-likeness (QED) is 0.516. The zero-order valence-electron chi connectivity index (χ0n) is 9.50. The monoisotopic (exact) mass is 210 g/mol. The Morgan fingerprint density at radius 1 is 1.27 bits per heavy atom. The van der Waals surface area contributed by atoms with E-state index in [0.717, 1.165) is 19.6 Å². The van der Waals surface area contributed by atoms with Gasteiger partial charge in [-0.3, -0.25) is 4.99 Å². The second-order valence-electron chi connectivity index (χ2n) is 3.80. The van der Waals surface area contributed by atoms with E-state index in [4.69, 9.17) is 4.74 Å².